The minimum atomic E-state index is -0.512. The van der Waals surface area contributed by atoms with Gasteiger partial charge in [-0.1, -0.05) is 17.7 Å². The van der Waals surface area contributed by atoms with Crippen LogP contribution >= 0.6 is 0 Å². The zero-order valence-corrected chi connectivity index (χ0v) is 13.2. The van der Waals surface area contributed by atoms with Gasteiger partial charge in [0.1, 0.15) is 11.4 Å². The molecule has 3 rings (SSSR count). The van der Waals surface area contributed by atoms with Crippen molar-refractivity contribution in [3.63, 3.8) is 0 Å². The fourth-order valence-corrected chi connectivity index (χ4v) is 3.27. The van der Waals surface area contributed by atoms with Gasteiger partial charge in [-0.25, -0.2) is 0 Å². The molecule has 1 amide bonds. The molecule has 120 valence electrons. The summed E-state index contributed by atoms with van der Waals surface area (Å²) < 4.78 is 11.8. The number of amides is 1. The second kappa shape index (κ2) is 5.89. The Morgan fingerprint density at radius 1 is 1.41 bits per heavy atom. The highest BCUT2D eigenvalue weighted by molar-refractivity contribution is 5.81. The van der Waals surface area contributed by atoms with E-state index in [-0.39, 0.29) is 17.6 Å². The van der Waals surface area contributed by atoms with Gasteiger partial charge in [0.05, 0.1) is 25.3 Å². The van der Waals surface area contributed by atoms with Crippen molar-refractivity contribution in [3.05, 3.63) is 29.3 Å². The number of aryl methyl sites for hydroxylation is 1. The number of carbonyl (C=O) groups excluding carboxylic acids is 1. The average Bonchev–Trinajstić information content (AvgIpc) is 2.49. The highest BCUT2D eigenvalue weighted by atomic mass is 16.5. The molecule has 1 aromatic rings. The molecule has 0 radical (unpaired) electrons. The maximum Gasteiger partial charge on any atom is 0.237 e. The number of ether oxygens (including phenoxy) is 2. The summed E-state index contributed by atoms with van der Waals surface area (Å²) >= 11 is 0. The SMILES string of the molecule is Cc1ccc2c(c1)C(NC(=O)C(C)N)CC1(CCOCC1)O2. The van der Waals surface area contributed by atoms with Gasteiger partial charge in [0, 0.05) is 24.8 Å². The van der Waals surface area contributed by atoms with Gasteiger partial charge in [0.25, 0.3) is 0 Å². The van der Waals surface area contributed by atoms with Crippen LogP contribution in [0.3, 0.4) is 0 Å². The van der Waals surface area contributed by atoms with Gasteiger partial charge in [0.15, 0.2) is 0 Å². The molecule has 0 aliphatic carbocycles. The lowest BCUT2D eigenvalue weighted by Crippen LogP contribution is -2.50. The molecule has 2 unspecified atom stereocenters. The summed E-state index contributed by atoms with van der Waals surface area (Å²) in [5.74, 6) is 0.746. The maximum absolute atomic E-state index is 12.1. The highest BCUT2D eigenvalue weighted by Gasteiger charge is 2.42. The van der Waals surface area contributed by atoms with Crippen LogP contribution in [0.25, 0.3) is 0 Å². The predicted molar refractivity (Wildman–Crippen MR) is 83.7 cm³/mol. The Bertz CT molecular complexity index is 565. The van der Waals surface area contributed by atoms with Crippen LogP contribution in [0, 0.1) is 6.92 Å². The molecule has 2 aliphatic rings. The molecule has 1 fully saturated rings. The summed E-state index contributed by atoms with van der Waals surface area (Å²) in [5.41, 5.74) is 7.67. The van der Waals surface area contributed by atoms with E-state index in [0.29, 0.717) is 13.2 Å². The van der Waals surface area contributed by atoms with E-state index in [1.165, 1.54) is 0 Å². The molecule has 2 heterocycles. The highest BCUT2D eigenvalue weighted by Crippen LogP contribution is 2.44. The fraction of sp³-hybridized carbons (Fsp3) is 0.588. The van der Waals surface area contributed by atoms with E-state index in [4.69, 9.17) is 15.2 Å². The Hall–Kier alpha value is -1.59. The Kier molecular flexibility index (Phi) is 4.10. The van der Waals surface area contributed by atoms with Crippen LogP contribution in [-0.2, 0) is 9.53 Å². The van der Waals surface area contributed by atoms with Gasteiger partial charge in [0.2, 0.25) is 5.91 Å². The minimum Gasteiger partial charge on any atom is -0.487 e. The third-order valence-corrected chi connectivity index (χ3v) is 4.58. The molecule has 5 heteroatoms. The molecule has 0 aromatic heterocycles. The van der Waals surface area contributed by atoms with Crippen LogP contribution < -0.4 is 15.8 Å². The van der Waals surface area contributed by atoms with E-state index in [1.54, 1.807) is 6.92 Å². The Morgan fingerprint density at radius 3 is 2.82 bits per heavy atom. The third kappa shape index (κ3) is 2.96. The number of carbonyl (C=O) groups is 1. The largest absolute Gasteiger partial charge is 0.487 e. The van der Waals surface area contributed by atoms with Crippen molar-refractivity contribution in [2.45, 2.75) is 50.8 Å². The van der Waals surface area contributed by atoms with Crippen molar-refractivity contribution in [2.24, 2.45) is 5.73 Å². The van der Waals surface area contributed by atoms with Crippen LogP contribution in [0.5, 0.6) is 5.75 Å². The molecule has 1 aromatic carbocycles. The predicted octanol–water partition coefficient (Wildman–Crippen LogP) is 1.83. The first-order chi connectivity index (χ1) is 10.5. The van der Waals surface area contributed by atoms with E-state index >= 15 is 0 Å². The zero-order valence-electron chi connectivity index (χ0n) is 13.2. The molecule has 0 bridgehead atoms. The van der Waals surface area contributed by atoms with Crippen molar-refractivity contribution < 1.29 is 14.3 Å². The lowest BCUT2D eigenvalue weighted by Gasteiger charge is -2.44. The molecule has 2 aliphatic heterocycles. The van der Waals surface area contributed by atoms with E-state index in [1.807, 2.05) is 19.1 Å². The second-order valence-electron chi connectivity index (χ2n) is 6.49. The molecular formula is C17H24N2O3. The number of hydrogen-bond acceptors (Lipinski definition) is 4. The number of nitrogens with two attached hydrogens (primary N) is 1. The molecule has 22 heavy (non-hydrogen) atoms. The Morgan fingerprint density at radius 2 is 2.14 bits per heavy atom. The number of hydrogen-bond donors (Lipinski definition) is 2. The van der Waals surface area contributed by atoms with E-state index < -0.39 is 6.04 Å². The molecule has 0 saturated carbocycles. The number of fused-ring (bicyclic) bond motifs is 1. The van der Waals surface area contributed by atoms with Crippen LogP contribution in [-0.4, -0.2) is 30.8 Å². The van der Waals surface area contributed by atoms with Gasteiger partial charge in [-0.15, -0.1) is 0 Å². The van der Waals surface area contributed by atoms with Gasteiger partial charge < -0.3 is 20.5 Å². The van der Waals surface area contributed by atoms with Gasteiger partial charge in [-0.2, -0.15) is 0 Å². The molecule has 5 nitrogen and oxygen atoms in total. The molecular weight excluding hydrogens is 280 g/mol. The van der Waals surface area contributed by atoms with Crippen LogP contribution in [0.1, 0.15) is 43.4 Å². The van der Waals surface area contributed by atoms with E-state index in [0.717, 1.165) is 36.1 Å². The van der Waals surface area contributed by atoms with Gasteiger partial charge in [-0.3, -0.25) is 4.79 Å². The molecule has 1 saturated heterocycles. The third-order valence-electron chi connectivity index (χ3n) is 4.58. The monoisotopic (exact) mass is 304 g/mol. The van der Waals surface area contributed by atoms with Gasteiger partial charge >= 0.3 is 0 Å². The first-order valence-electron chi connectivity index (χ1n) is 7.92. The normalized spacial score (nSPS) is 24.2. The van der Waals surface area contributed by atoms with Crippen molar-refractivity contribution >= 4 is 5.91 Å². The lowest BCUT2D eigenvalue weighted by molar-refractivity contribution is -0.124. The molecule has 1 spiro atoms. The quantitative estimate of drug-likeness (QED) is 0.874. The van der Waals surface area contributed by atoms with Crippen LogP contribution in [0.2, 0.25) is 0 Å². The van der Waals surface area contributed by atoms with Crippen molar-refractivity contribution in [2.75, 3.05) is 13.2 Å². The number of nitrogens with one attached hydrogen (secondary N) is 1. The van der Waals surface area contributed by atoms with E-state index in [9.17, 15) is 4.79 Å². The topological polar surface area (TPSA) is 73.6 Å². The second-order valence-corrected chi connectivity index (χ2v) is 6.49. The summed E-state index contributed by atoms with van der Waals surface area (Å²) in [4.78, 5) is 12.1. The van der Waals surface area contributed by atoms with Crippen LogP contribution in [0.4, 0.5) is 0 Å². The minimum absolute atomic E-state index is 0.0553. The Labute approximate surface area is 131 Å². The number of benzene rings is 1. The zero-order chi connectivity index (χ0) is 15.7. The van der Waals surface area contributed by atoms with Crippen molar-refractivity contribution in [1.29, 1.82) is 0 Å². The van der Waals surface area contributed by atoms with Crippen LogP contribution in [0.15, 0.2) is 18.2 Å². The molecule has 3 N–H and O–H groups in total. The summed E-state index contributed by atoms with van der Waals surface area (Å²) in [6.45, 7) is 5.16. The lowest BCUT2D eigenvalue weighted by atomic mass is 9.81. The first-order valence-corrected chi connectivity index (χ1v) is 7.92. The van der Waals surface area contributed by atoms with Crippen molar-refractivity contribution in [1.82, 2.24) is 5.32 Å². The smallest absolute Gasteiger partial charge is 0.237 e. The number of rotatable bonds is 2. The summed E-state index contributed by atoms with van der Waals surface area (Å²) in [6.07, 6.45) is 2.47. The first kappa shape index (κ1) is 15.3. The standard InChI is InChI=1S/C17H24N2O3/c1-11-3-4-15-13(9-11)14(19-16(20)12(2)18)10-17(22-15)5-7-21-8-6-17/h3-4,9,12,14H,5-8,10,18H2,1-2H3,(H,19,20). The maximum atomic E-state index is 12.1. The summed E-state index contributed by atoms with van der Waals surface area (Å²) in [6, 6.07) is 5.57. The molecule has 2 atom stereocenters. The fourth-order valence-electron chi connectivity index (χ4n) is 3.27. The van der Waals surface area contributed by atoms with E-state index in [2.05, 4.69) is 11.4 Å². The average molecular weight is 304 g/mol. The Balaban J connectivity index is 1.92. The van der Waals surface area contributed by atoms with Crippen molar-refractivity contribution in [3.8, 4) is 5.75 Å². The summed E-state index contributed by atoms with van der Waals surface area (Å²) in [5, 5.41) is 3.09. The summed E-state index contributed by atoms with van der Waals surface area (Å²) in [7, 11) is 0. The van der Waals surface area contributed by atoms with Gasteiger partial charge in [-0.05, 0) is 19.9 Å².